The summed E-state index contributed by atoms with van der Waals surface area (Å²) >= 11 is 0. The molecule has 1 aromatic heterocycles. The van der Waals surface area contributed by atoms with Gasteiger partial charge in [0.05, 0.1) is 0 Å². The van der Waals surface area contributed by atoms with Crippen molar-refractivity contribution in [2.75, 3.05) is 16.5 Å². The summed E-state index contributed by atoms with van der Waals surface area (Å²) in [4.78, 5) is 8.70. The van der Waals surface area contributed by atoms with Gasteiger partial charge in [0, 0.05) is 24.2 Å². The fourth-order valence-electron chi connectivity index (χ4n) is 2.63. The fraction of sp³-hybridized carbons (Fsp3) is 0.0500. The number of aromatic hydroxyl groups is 1. The van der Waals surface area contributed by atoms with Crippen LogP contribution in [-0.4, -0.2) is 16.8 Å². The third-order valence-corrected chi connectivity index (χ3v) is 3.90. The monoisotopic (exact) mass is 331 g/mol. The topological polar surface area (TPSA) is 48.8 Å². The standard InChI is InChI=1S/C20H17N3O2/c24-17-9-4-5-10-18(17)25-20-12-6-11-19(21-20)23-14-13-22(15-23)16-7-2-1-3-8-16/h1-14,24H,15H2. The number of ether oxygens (including phenoxy) is 1. The molecule has 0 amide bonds. The number of rotatable bonds is 4. The predicted molar refractivity (Wildman–Crippen MR) is 97.8 cm³/mol. The quantitative estimate of drug-likeness (QED) is 0.771. The van der Waals surface area contributed by atoms with Gasteiger partial charge in [-0.3, -0.25) is 0 Å². The largest absolute Gasteiger partial charge is 0.504 e. The number of hydrogen-bond acceptors (Lipinski definition) is 5. The van der Waals surface area contributed by atoms with Crippen molar-refractivity contribution < 1.29 is 9.84 Å². The lowest BCUT2D eigenvalue weighted by Crippen LogP contribution is -2.25. The van der Waals surface area contributed by atoms with Crippen LogP contribution >= 0.6 is 0 Å². The van der Waals surface area contributed by atoms with Crippen molar-refractivity contribution in [1.82, 2.24) is 4.98 Å². The molecule has 2 aromatic carbocycles. The molecule has 0 radical (unpaired) electrons. The molecule has 0 bridgehead atoms. The van der Waals surface area contributed by atoms with Crippen LogP contribution in [0.15, 0.2) is 85.2 Å². The van der Waals surface area contributed by atoms with E-state index in [4.69, 9.17) is 4.74 Å². The zero-order valence-corrected chi connectivity index (χ0v) is 13.5. The summed E-state index contributed by atoms with van der Waals surface area (Å²) in [5.41, 5.74) is 1.13. The Hall–Kier alpha value is -3.47. The van der Waals surface area contributed by atoms with Crippen molar-refractivity contribution in [3.05, 3.63) is 85.2 Å². The first-order valence-electron chi connectivity index (χ1n) is 7.99. The number of pyridine rings is 1. The number of aromatic nitrogens is 1. The van der Waals surface area contributed by atoms with E-state index < -0.39 is 0 Å². The SMILES string of the molecule is Oc1ccccc1Oc1cccc(N2C=CN(c3ccccc3)C2)n1. The molecule has 0 spiro atoms. The molecule has 0 atom stereocenters. The van der Waals surface area contributed by atoms with Crippen LogP contribution in [0.3, 0.4) is 0 Å². The van der Waals surface area contributed by atoms with Crippen LogP contribution in [0.4, 0.5) is 11.5 Å². The summed E-state index contributed by atoms with van der Waals surface area (Å²) < 4.78 is 5.70. The normalized spacial score (nSPS) is 13.3. The van der Waals surface area contributed by atoms with Gasteiger partial charge in [0.1, 0.15) is 12.5 Å². The number of hydrogen-bond donors (Lipinski definition) is 1. The molecule has 124 valence electrons. The third-order valence-electron chi connectivity index (χ3n) is 3.90. The van der Waals surface area contributed by atoms with Crippen LogP contribution in [0.2, 0.25) is 0 Å². The van der Waals surface area contributed by atoms with Gasteiger partial charge in [-0.25, -0.2) is 0 Å². The molecular formula is C20H17N3O2. The minimum atomic E-state index is 0.0889. The van der Waals surface area contributed by atoms with Crippen molar-refractivity contribution in [3.8, 4) is 17.4 Å². The van der Waals surface area contributed by atoms with Crippen molar-refractivity contribution >= 4 is 11.5 Å². The van der Waals surface area contributed by atoms with Crippen LogP contribution in [0.25, 0.3) is 0 Å². The van der Waals surface area contributed by atoms with Crippen molar-refractivity contribution in [1.29, 1.82) is 0 Å². The molecule has 0 fully saturated rings. The van der Waals surface area contributed by atoms with E-state index in [1.807, 2.05) is 47.6 Å². The van der Waals surface area contributed by atoms with Crippen LogP contribution in [-0.2, 0) is 0 Å². The molecule has 5 nitrogen and oxygen atoms in total. The van der Waals surface area contributed by atoms with Crippen LogP contribution < -0.4 is 14.5 Å². The predicted octanol–water partition coefficient (Wildman–Crippen LogP) is 4.33. The number of phenolic OH excluding ortho intramolecular Hbond substituents is 1. The van der Waals surface area contributed by atoms with Crippen molar-refractivity contribution in [2.24, 2.45) is 0 Å². The minimum absolute atomic E-state index is 0.0889. The Kier molecular flexibility index (Phi) is 3.96. The molecule has 0 unspecified atom stereocenters. The lowest BCUT2D eigenvalue weighted by molar-refractivity contribution is 0.403. The highest BCUT2D eigenvalue weighted by Crippen LogP contribution is 2.30. The Morgan fingerprint density at radius 1 is 0.800 bits per heavy atom. The van der Waals surface area contributed by atoms with Gasteiger partial charge in [-0.05, 0) is 30.3 Å². The fourth-order valence-corrected chi connectivity index (χ4v) is 2.63. The molecule has 0 aliphatic carbocycles. The summed E-state index contributed by atoms with van der Waals surface area (Å²) in [6.07, 6.45) is 4.01. The second kappa shape index (κ2) is 6.57. The maximum atomic E-state index is 9.83. The van der Waals surface area contributed by atoms with Gasteiger partial charge < -0.3 is 19.6 Å². The molecule has 25 heavy (non-hydrogen) atoms. The first-order chi connectivity index (χ1) is 12.3. The minimum Gasteiger partial charge on any atom is -0.504 e. The molecule has 3 aromatic rings. The summed E-state index contributed by atoms with van der Waals surface area (Å²) in [5.74, 6) is 1.69. The maximum absolute atomic E-state index is 9.83. The van der Waals surface area contributed by atoms with Gasteiger partial charge in [-0.1, -0.05) is 36.4 Å². The summed E-state index contributed by atoms with van der Waals surface area (Å²) in [6, 6.07) is 22.6. The lowest BCUT2D eigenvalue weighted by atomic mass is 10.3. The molecular weight excluding hydrogens is 314 g/mol. The highest BCUT2D eigenvalue weighted by Gasteiger charge is 2.16. The molecule has 1 aliphatic heterocycles. The Balaban J connectivity index is 1.51. The third kappa shape index (κ3) is 3.26. The Morgan fingerprint density at radius 3 is 2.40 bits per heavy atom. The van der Waals surface area contributed by atoms with Gasteiger partial charge in [0.2, 0.25) is 5.88 Å². The molecule has 0 saturated heterocycles. The lowest BCUT2D eigenvalue weighted by Gasteiger charge is -2.21. The number of nitrogens with zero attached hydrogens (tertiary/aromatic N) is 3. The molecule has 1 N–H and O–H groups in total. The molecule has 0 saturated carbocycles. The summed E-state index contributed by atoms with van der Waals surface area (Å²) in [7, 11) is 0. The first-order valence-corrected chi connectivity index (χ1v) is 7.99. The van der Waals surface area contributed by atoms with E-state index >= 15 is 0 Å². The van der Waals surface area contributed by atoms with E-state index in [2.05, 4.69) is 22.0 Å². The van der Waals surface area contributed by atoms with Gasteiger partial charge in [-0.2, -0.15) is 4.98 Å². The average molecular weight is 331 g/mol. The molecule has 4 rings (SSSR count). The van der Waals surface area contributed by atoms with E-state index in [1.54, 1.807) is 30.3 Å². The zero-order chi connectivity index (χ0) is 17.1. The molecule has 1 aliphatic rings. The van der Waals surface area contributed by atoms with E-state index in [-0.39, 0.29) is 5.75 Å². The van der Waals surface area contributed by atoms with E-state index in [0.717, 1.165) is 11.5 Å². The molecule has 2 heterocycles. The summed E-state index contributed by atoms with van der Waals surface area (Å²) in [5, 5.41) is 9.83. The van der Waals surface area contributed by atoms with Crippen molar-refractivity contribution in [3.63, 3.8) is 0 Å². The van der Waals surface area contributed by atoms with E-state index in [0.29, 0.717) is 18.3 Å². The second-order valence-corrected chi connectivity index (χ2v) is 5.62. The highest BCUT2D eigenvalue weighted by molar-refractivity contribution is 5.57. The zero-order valence-electron chi connectivity index (χ0n) is 13.5. The smallest absolute Gasteiger partial charge is 0.221 e. The highest BCUT2D eigenvalue weighted by atomic mass is 16.5. The van der Waals surface area contributed by atoms with Gasteiger partial charge >= 0.3 is 0 Å². The Bertz CT molecular complexity index is 896. The van der Waals surface area contributed by atoms with Crippen LogP contribution in [0, 0.1) is 0 Å². The maximum Gasteiger partial charge on any atom is 0.221 e. The van der Waals surface area contributed by atoms with Crippen LogP contribution in [0.1, 0.15) is 0 Å². The average Bonchev–Trinajstić information content (AvgIpc) is 3.15. The van der Waals surface area contributed by atoms with Gasteiger partial charge in [-0.15, -0.1) is 0 Å². The Morgan fingerprint density at radius 2 is 1.56 bits per heavy atom. The van der Waals surface area contributed by atoms with E-state index in [9.17, 15) is 5.11 Å². The van der Waals surface area contributed by atoms with E-state index in [1.165, 1.54) is 0 Å². The number of benzene rings is 2. The second-order valence-electron chi connectivity index (χ2n) is 5.62. The van der Waals surface area contributed by atoms with Gasteiger partial charge in [0.25, 0.3) is 0 Å². The first kappa shape index (κ1) is 15.1. The Labute approximate surface area is 146 Å². The molecule has 5 heteroatoms. The number of para-hydroxylation sites is 3. The summed E-state index contributed by atoms with van der Waals surface area (Å²) in [6.45, 7) is 0.678. The number of phenols is 1. The van der Waals surface area contributed by atoms with Crippen LogP contribution in [0.5, 0.6) is 17.4 Å². The van der Waals surface area contributed by atoms with Gasteiger partial charge in [0.15, 0.2) is 11.5 Å². The number of anilines is 2. The van der Waals surface area contributed by atoms with Crippen molar-refractivity contribution in [2.45, 2.75) is 0 Å².